The standard InChI is InChI=1S/C16H17BrN2O/c1-11-3-2-4-12(7-11)9-18-16(20)15-8-13(17)10-19(15)14-5-6-14/h2-4,7-8,10,14H,5-6,9H2,1H3,(H,18,20). The van der Waals surface area contributed by atoms with Crippen molar-refractivity contribution in [1.29, 1.82) is 0 Å². The second-order valence-corrected chi connectivity index (χ2v) is 6.27. The van der Waals surface area contributed by atoms with E-state index < -0.39 is 0 Å². The number of carbonyl (C=O) groups excluding carboxylic acids is 1. The Morgan fingerprint density at radius 2 is 2.20 bits per heavy atom. The van der Waals surface area contributed by atoms with E-state index in [9.17, 15) is 4.79 Å². The van der Waals surface area contributed by atoms with Gasteiger partial charge in [-0.05, 0) is 47.3 Å². The van der Waals surface area contributed by atoms with Gasteiger partial charge in [0.2, 0.25) is 0 Å². The smallest absolute Gasteiger partial charge is 0.268 e. The summed E-state index contributed by atoms with van der Waals surface area (Å²) in [5.41, 5.74) is 3.08. The number of aryl methyl sites for hydroxylation is 1. The van der Waals surface area contributed by atoms with Crippen LogP contribution in [0.1, 0.15) is 40.5 Å². The monoisotopic (exact) mass is 332 g/mol. The molecule has 0 radical (unpaired) electrons. The number of amides is 1. The summed E-state index contributed by atoms with van der Waals surface area (Å²) < 4.78 is 3.04. The summed E-state index contributed by atoms with van der Waals surface area (Å²) in [5, 5.41) is 3.00. The summed E-state index contributed by atoms with van der Waals surface area (Å²) in [6.45, 7) is 2.62. The first kappa shape index (κ1) is 13.4. The number of aromatic nitrogens is 1. The SMILES string of the molecule is Cc1cccc(CNC(=O)c2cc(Br)cn2C2CC2)c1. The van der Waals surface area contributed by atoms with Crippen molar-refractivity contribution < 1.29 is 4.79 Å². The molecule has 3 rings (SSSR count). The van der Waals surface area contributed by atoms with Gasteiger partial charge in [0.1, 0.15) is 5.69 Å². The van der Waals surface area contributed by atoms with Crippen LogP contribution >= 0.6 is 15.9 Å². The molecule has 0 aliphatic heterocycles. The Morgan fingerprint density at radius 3 is 2.90 bits per heavy atom. The molecule has 1 aromatic heterocycles. The second kappa shape index (κ2) is 5.44. The molecule has 3 nitrogen and oxygen atoms in total. The Balaban J connectivity index is 1.70. The first-order valence-corrected chi connectivity index (χ1v) is 7.64. The molecule has 1 aliphatic rings. The Labute approximate surface area is 127 Å². The molecule has 20 heavy (non-hydrogen) atoms. The maximum absolute atomic E-state index is 12.3. The molecular weight excluding hydrogens is 316 g/mol. The highest BCUT2D eigenvalue weighted by Gasteiger charge is 2.27. The average molecular weight is 333 g/mol. The predicted octanol–water partition coefficient (Wildman–Crippen LogP) is 3.82. The van der Waals surface area contributed by atoms with Gasteiger partial charge in [0.15, 0.2) is 0 Å². The first-order valence-electron chi connectivity index (χ1n) is 6.84. The van der Waals surface area contributed by atoms with E-state index in [2.05, 4.69) is 44.9 Å². The van der Waals surface area contributed by atoms with E-state index in [0.717, 1.165) is 15.7 Å². The maximum Gasteiger partial charge on any atom is 0.268 e. The number of hydrogen-bond donors (Lipinski definition) is 1. The quantitative estimate of drug-likeness (QED) is 0.907. The molecule has 1 N–H and O–H groups in total. The normalized spacial score (nSPS) is 14.3. The highest BCUT2D eigenvalue weighted by atomic mass is 79.9. The van der Waals surface area contributed by atoms with Crippen LogP contribution in [0, 0.1) is 6.92 Å². The van der Waals surface area contributed by atoms with Gasteiger partial charge >= 0.3 is 0 Å². The lowest BCUT2D eigenvalue weighted by molar-refractivity contribution is 0.0941. The van der Waals surface area contributed by atoms with E-state index >= 15 is 0 Å². The van der Waals surface area contributed by atoms with E-state index in [0.29, 0.717) is 12.6 Å². The van der Waals surface area contributed by atoms with Gasteiger partial charge in [-0.25, -0.2) is 0 Å². The van der Waals surface area contributed by atoms with Gasteiger partial charge in [-0.1, -0.05) is 29.8 Å². The third-order valence-corrected chi connectivity index (χ3v) is 3.96. The van der Waals surface area contributed by atoms with Gasteiger partial charge in [-0.15, -0.1) is 0 Å². The second-order valence-electron chi connectivity index (χ2n) is 5.35. The molecule has 104 valence electrons. The zero-order chi connectivity index (χ0) is 14.1. The van der Waals surface area contributed by atoms with Crippen molar-refractivity contribution in [2.75, 3.05) is 0 Å². The van der Waals surface area contributed by atoms with Crippen LogP contribution in [0.4, 0.5) is 0 Å². The van der Waals surface area contributed by atoms with E-state index in [-0.39, 0.29) is 5.91 Å². The minimum absolute atomic E-state index is 0.0101. The lowest BCUT2D eigenvalue weighted by Crippen LogP contribution is -2.25. The highest BCUT2D eigenvalue weighted by molar-refractivity contribution is 9.10. The third kappa shape index (κ3) is 2.96. The van der Waals surface area contributed by atoms with Crippen LogP contribution < -0.4 is 5.32 Å². The summed E-state index contributed by atoms with van der Waals surface area (Å²) in [6, 6.07) is 10.6. The Bertz CT molecular complexity index is 644. The van der Waals surface area contributed by atoms with Crippen LogP contribution in [0.5, 0.6) is 0 Å². The number of benzene rings is 1. The van der Waals surface area contributed by atoms with Gasteiger partial charge in [-0.2, -0.15) is 0 Å². The van der Waals surface area contributed by atoms with Gasteiger partial charge in [0.05, 0.1) is 0 Å². The summed E-state index contributed by atoms with van der Waals surface area (Å²) in [5.74, 6) is -0.0101. The number of nitrogens with one attached hydrogen (secondary N) is 1. The van der Waals surface area contributed by atoms with Gasteiger partial charge in [0.25, 0.3) is 5.91 Å². The fraction of sp³-hybridized carbons (Fsp3) is 0.312. The van der Waals surface area contributed by atoms with Crippen LogP contribution in [-0.4, -0.2) is 10.5 Å². The Kier molecular flexibility index (Phi) is 3.66. The lowest BCUT2D eigenvalue weighted by Gasteiger charge is -2.09. The molecule has 1 amide bonds. The summed E-state index contributed by atoms with van der Waals surface area (Å²) >= 11 is 3.45. The van der Waals surface area contributed by atoms with Crippen molar-refractivity contribution in [1.82, 2.24) is 9.88 Å². The minimum Gasteiger partial charge on any atom is -0.347 e. The van der Waals surface area contributed by atoms with Crippen molar-refractivity contribution in [3.05, 3.63) is 57.8 Å². The molecule has 1 heterocycles. The average Bonchev–Trinajstić information content (AvgIpc) is 3.19. The molecule has 1 aliphatic carbocycles. The molecule has 0 spiro atoms. The highest BCUT2D eigenvalue weighted by Crippen LogP contribution is 2.37. The number of rotatable bonds is 4. The zero-order valence-electron chi connectivity index (χ0n) is 11.4. The molecule has 1 aromatic carbocycles. The summed E-state index contributed by atoms with van der Waals surface area (Å²) in [6.07, 6.45) is 4.33. The lowest BCUT2D eigenvalue weighted by atomic mass is 10.1. The summed E-state index contributed by atoms with van der Waals surface area (Å²) in [7, 11) is 0. The molecule has 4 heteroatoms. The minimum atomic E-state index is -0.0101. The van der Waals surface area contributed by atoms with Crippen LogP contribution in [-0.2, 0) is 6.54 Å². The molecular formula is C16H17BrN2O. The molecule has 0 bridgehead atoms. The zero-order valence-corrected chi connectivity index (χ0v) is 13.0. The van der Waals surface area contributed by atoms with Crippen molar-refractivity contribution in [3.63, 3.8) is 0 Å². The molecule has 1 saturated carbocycles. The maximum atomic E-state index is 12.3. The number of carbonyl (C=O) groups is 1. The number of halogens is 1. The van der Waals surface area contributed by atoms with Crippen LogP contribution in [0.2, 0.25) is 0 Å². The van der Waals surface area contributed by atoms with Crippen LogP contribution in [0.15, 0.2) is 41.0 Å². The molecule has 0 unspecified atom stereocenters. The van der Waals surface area contributed by atoms with Gasteiger partial charge < -0.3 is 9.88 Å². The van der Waals surface area contributed by atoms with Crippen LogP contribution in [0.25, 0.3) is 0 Å². The topological polar surface area (TPSA) is 34.0 Å². The van der Waals surface area contributed by atoms with Crippen molar-refractivity contribution in [2.24, 2.45) is 0 Å². The number of hydrogen-bond acceptors (Lipinski definition) is 1. The largest absolute Gasteiger partial charge is 0.347 e. The van der Waals surface area contributed by atoms with Crippen LogP contribution in [0.3, 0.4) is 0 Å². The molecule has 1 fully saturated rings. The van der Waals surface area contributed by atoms with Crippen molar-refractivity contribution >= 4 is 21.8 Å². The Hall–Kier alpha value is -1.55. The predicted molar refractivity (Wildman–Crippen MR) is 82.8 cm³/mol. The van der Waals surface area contributed by atoms with Crippen molar-refractivity contribution in [2.45, 2.75) is 32.4 Å². The Morgan fingerprint density at radius 1 is 1.40 bits per heavy atom. The van der Waals surface area contributed by atoms with E-state index in [1.165, 1.54) is 18.4 Å². The summed E-state index contributed by atoms with van der Waals surface area (Å²) in [4.78, 5) is 12.3. The van der Waals surface area contributed by atoms with E-state index in [4.69, 9.17) is 0 Å². The molecule has 0 atom stereocenters. The number of nitrogens with zero attached hydrogens (tertiary/aromatic N) is 1. The van der Waals surface area contributed by atoms with Gasteiger partial charge in [0, 0.05) is 23.3 Å². The van der Waals surface area contributed by atoms with E-state index in [1.807, 2.05) is 24.4 Å². The molecule has 0 saturated heterocycles. The van der Waals surface area contributed by atoms with E-state index in [1.54, 1.807) is 0 Å². The fourth-order valence-electron chi connectivity index (χ4n) is 2.38. The third-order valence-electron chi connectivity index (χ3n) is 3.52. The molecule has 2 aromatic rings. The first-order chi connectivity index (χ1) is 9.63. The fourth-order valence-corrected chi connectivity index (χ4v) is 2.81. The van der Waals surface area contributed by atoms with Crippen molar-refractivity contribution in [3.8, 4) is 0 Å². The van der Waals surface area contributed by atoms with Gasteiger partial charge in [-0.3, -0.25) is 4.79 Å².